The van der Waals surface area contributed by atoms with Gasteiger partial charge >= 0.3 is 6.03 Å². The molecule has 1 aromatic rings. The Balaban J connectivity index is 2.22. The van der Waals surface area contributed by atoms with Crippen LogP contribution >= 0.6 is 0 Å². The predicted molar refractivity (Wildman–Crippen MR) is 81.9 cm³/mol. The van der Waals surface area contributed by atoms with E-state index in [4.69, 9.17) is 0 Å². The maximum atomic E-state index is 13.1. The molecule has 0 aromatic heterocycles. The van der Waals surface area contributed by atoms with Gasteiger partial charge in [0, 0.05) is 13.1 Å². The first kappa shape index (κ1) is 16.9. The van der Waals surface area contributed by atoms with E-state index >= 15 is 0 Å². The van der Waals surface area contributed by atoms with Crippen LogP contribution in [0.2, 0.25) is 0 Å². The van der Waals surface area contributed by atoms with E-state index in [9.17, 15) is 18.8 Å². The highest BCUT2D eigenvalue weighted by molar-refractivity contribution is 6.09. The van der Waals surface area contributed by atoms with Gasteiger partial charge in [-0.15, -0.1) is 0 Å². The molecule has 0 radical (unpaired) electrons. The number of urea groups is 1. The molecule has 4 amide bonds. The summed E-state index contributed by atoms with van der Waals surface area (Å²) >= 11 is 0. The van der Waals surface area contributed by atoms with Crippen LogP contribution in [0.25, 0.3) is 0 Å². The molecule has 2 rings (SSSR count). The molecule has 124 valence electrons. The highest BCUT2D eigenvalue weighted by Gasteiger charge is 2.49. The normalized spacial score (nSPS) is 20.6. The summed E-state index contributed by atoms with van der Waals surface area (Å²) in [5.74, 6) is -1.24. The number of amides is 4. The lowest BCUT2D eigenvalue weighted by Crippen LogP contribution is -2.44. The molecule has 1 heterocycles. The number of nitrogens with zero attached hydrogens (tertiary/aromatic N) is 2. The van der Waals surface area contributed by atoms with Gasteiger partial charge in [0.05, 0.1) is 0 Å². The first-order valence-electron chi connectivity index (χ1n) is 7.51. The smallest absolute Gasteiger partial charge is 0.325 e. The molecule has 1 fully saturated rings. The second kappa shape index (κ2) is 6.36. The number of benzene rings is 1. The van der Waals surface area contributed by atoms with Crippen LogP contribution < -0.4 is 5.32 Å². The van der Waals surface area contributed by atoms with Crippen LogP contribution in [-0.2, 0) is 15.1 Å². The Morgan fingerprint density at radius 1 is 1.22 bits per heavy atom. The van der Waals surface area contributed by atoms with Gasteiger partial charge < -0.3 is 10.2 Å². The van der Waals surface area contributed by atoms with E-state index in [2.05, 4.69) is 5.32 Å². The third kappa shape index (κ3) is 3.04. The lowest BCUT2D eigenvalue weighted by Gasteiger charge is -2.23. The van der Waals surface area contributed by atoms with E-state index in [0.29, 0.717) is 18.7 Å². The molecule has 0 spiro atoms. The standard InChI is InChI=1S/C16H20FN3O3/c1-4-19(5-2)13(21)10-20-14(22)16(3,18-15(20)23)11-6-8-12(17)9-7-11/h6-9H,4-5,10H2,1-3H3,(H,18,23). The molecule has 1 unspecified atom stereocenters. The van der Waals surface area contributed by atoms with Crippen LogP contribution in [0.5, 0.6) is 0 Å². The lowest BCUT2D eigenvalue weighted by atomic mass is 9.92. The van der Waals surface area contributed by atoms with E-state index in [-0.39, 0.29) is 12.5 Å². The van der Waals surface area contributed by atoms with Crippen molar-refractivity contribution in [3.05, 3.63) is 35.6 Å². The number of imide groups is 1. The van der Waals surface area contributed by atoms with Crippen molar-refractivity contribution < 1.29 is 18.8 Å². The van der Waals surface area contributed by atoms with Crippen LogP contribution in [0.15, 0.2) is 24.3 Å². The third-order valence-electron chi connectivity index (χ3n) is 4.11. The summed E-state index contributed by atoms with van der Waals surface area (Å²) in [7, 11) is 0. The Kier molecular flexibility index (Phi) is 4.68. The number of rotatable bonds is 5. The Labute approximate surface area is 134 Å². The van der Waals surface area contributed by atoms with Gasteiger partial charge in [-0.2, -0.15) is 0 Å². The molecule has 0 saturated carbocycles. The molecular weight excluding hydrogens is 301 g/mol. The fourth-order valence-corrected chi connectivity index (χ4v) is 2.63. The number of nitrogens with one attached hydrogen (secondary N) is 1. The molecule has 6 nitrogen and oxygen atoms in total. The number of hydrogen-bond acceptors (Lipinski definition) is 3. The van der Waals surface area contributed by atoms with Crippen molar-refractivity contribution in [2.75, 3.05) is 19.6 Å². The van der Waals surface area contributed by atoms with E-state index in [0.717, 1.165) is 4.90 Å². The lowest BCUT2D eigenvalue weighted by molar-refractivity contribution is -0.138. The van der Waals surface area contributed by atoms with Crippen molar-refractivity contribution in [2.24, 2.45) is 0 Å². The highest BCUT2D eigenvalue weighted by Crippen LogP contribution is 2.28. The van der Waals surface area contributed by atoms with Gasteiger partial charge in [-0.05, 0) is 38.5 Å². The van der Waals surface area contributed by atoms with Crippen LogP contribution in [0.4, 0.5) is 9.18 Å². The summed E-state index contributed by atoms with van der Waals surface area (Å²) in [6, 6.07) is 4.72. The molecule has 1 atom stereocenters. The summed E-state index contributed by atoms with van der Waals surface area (Å²) in [6.45, 7) is 5.92. The van der Waals surface area contributed by atoms with E-state index < -0.39 is 23.3 Å². The molecule has 23 heavy (non-hydrogen) atoms. The first-order chi connectivity index (χ1) is 10.8. The predicted octanol–water partition coefficient (Wildman–Crippen LogP) is 1.46. The van der Waals surface area contributed by atoms with Gasteiger partial charge in [-0.3, -0.25) is 14.5 Å². The topological polar surface area (TPSA) is 69.7 Å². The Bertz CT molecular complexity index is 628. The molecule has 0 aliphatic carbocycles. The summed E-state index contributed by atoms with van der Waals surface area (Å²) in [5, 5.41) is 2.59. The molecule has 1 aliphatic rings. The number of carbonyl (C=O) groups excluding carboxylic acids is 3. The molecule has 0 bridgehead atoms. The molecule has 1 aliphatic heterocycles. The second-order valence-corrected chi connectivity index (χ2v) is 5.52. The number of hydrogen-bond donors (Lipinski definition) is 1. The van der Waals surface area contributed by atoms with E-state index in [1.165, 1.54) is 24.3 Å². The van der Waals surface area contributed by atoms with Gasteiger partial charge in [-0.1, -0.05) is 12.1 Å². The van der Waals surface area contributed by atoms with Crippen LogP contribution in [-0.4, -0.2) is 47.3 Å². The summed E-state index contributed by atoms with van der Waals surface area (Å²) in [4.78, 5) is 39.4. The zero-order chi connectivity index (χ0) is 17.2. The van der Waals surface area contributed by atoms with Gasteiger partial charge in [-0.25, -0.2) is 9.18 Å². The largest absolute Gasteiger partial charge is 0.342 e. The van der Waals surface area contributed by atoms with Crippen molar-refractivity contribution >= 4 is 17.8 Å². The van der Waals surface area contributed by atoms with E-state index in [1.54, 1.807) is 11.8 Å². The third-order valence-corrected chi connectivity index (χ3v) is 4.11. The maximum absolute atomic E-state index is 13.1. The molecule has 1 aromatic carbocycles. The van der Waals surface area contributed by atoms with Crippen molar-refractivity contribution in [3.8, 4) is 0 Å². The number of halogens is 1. The quantitative estimate of drug-likeness (QED) is 0.835. The zero-order valence-electron chi connectivity index (χ0n) is 13.4. The fourth-order valence-electron chi connectivity index (χ4n) is 2.63. The second-order valence-electron chi connectivity index (χ2n) is 5.52. The minimum absolute atomic E-state index is 0.290. The molecule has 1 saturated heterocycles. The monoisotopic (exact) mass is 321 g/mol. The first-order valence-corrected chi connectivity index (χ1v) is 7.51. The van der Waals surface area contributed by atoms with Gasteiger partial charge in [0.15, 0.2) is 0 Å². The minimum Gasteiger partial charge on any atom is -0.342 e. The van der Waals surface area contributed by atoms with Crippen molar-refractivity contribution in [3.63, 3.8) is 0 Å². The molecular formula is C16H20FN3O3. The Hall–Kier alpha value is -2.44. The van der Waals surface area contributed by atoms with Crippen molar-refractivity contribution in [1.82, 2.24) is 15.1 Å². The van der Waals surface area contributed by atoms with Gasteiger partial charge in [0.25, 0.3) is 5.91 Å². The van der Waals surface area contributed by atoms with Crippen LogP contribution in [0, 0.1) is 5.82 Å². The average Bonchev–Trinajstić information content (AvgIpc) is 2.73. The van der Waals surface area contributed by atoms with E-state index in [1.807, 2.05) is 13.8 Å². The Morgan fingerprint density at radius 3 is 2.30 bits per heavy atom. The Morgan fingerprint density at radius 2 is 1.78 bits per heavy atom. The highest BCUT2D eigenvalue weighted by atomic mass is 19.1. The summed E-state index contributed by atoms with van der Waals surface area (Å²) in [5.41, 5.74) is -0.830. The summed E-state index contributed by atoms with van der Waals surface area (Å²) < 4.78 is 13.1. The minimum atomic E-state index is -1.30. The van der Waals surface area contributed by atoms with Crippen molar-refractivity contribution in [2.45, 2.75) is 26.3 Å². The van der Waals surface area contributed by atoms with Crippen molar-refractivity contribution in [1.29, 1.82) is 0 Å². The number of likely N-dealkylation sites (N-methyl/N-ethyl adjacent to an activating group) is 1. The SMILES string of the molecule is CCN(CC)C(=O)CN1C(=O)NC(C)(c2ccc(F)cc2)C1=O. The van der Waals surface area contributed by atoms with Gasteiger partial charge in [0.2, 0.25) is 5.91 Å². The zero-order valence-corrected chi connectivity index (χ0v) is 13.4. The summed E-state index contributed by atoms with van der Waals surface area (Å²) in [6.07, 6.45) is 0. The maximum Gasteiger partial charge on any atom is 0.325 e. The molecule has 7 heteroatoms. The fraction of sp³-hybridized carbons (Fsp3) is 0.438. The number of carbonyl (C=O) groups is 3. The van der Waals surface area contributed by atoms with Crippen LogP contribution in [0.1, 0.15) is 26.3 Å². The van der Waals surface area contributed by atoms with Gasteiger partial charge in [0.1, 0.15) is 17.9 Å². The van der Waals surface area contributed by atoms with Crippen LogP contribution in [0.3, 0.4) is 0 Å². The molecule has 1 N–H and O–H groups in total. The average molecular weight is 321 g/mol.